The molecule has 0 aliphatic carbocycles. The van der Waals surface area contributed by atoms with E-state index in [0.29, 0.717) is 12.0 Å². The first-order valence-electron chi connectivity index (χ1n) is 5.03. The molecule has 13 heavy (non-hydrogen) atoms. The predicted octanol–water partition coefficient (Wildman–Crippen LogP) is 1.54. The lowest BCUT2D eigenvalue weighted by atomic mass is 10.1. The smallest absolute Gasteiger partial charge is 0.0658 e. The first-order valence-corrected chi connectivity index (χ1v) is 5.03. The van der Waals surface area contributed by atoms with E-state index in [0.717, 1.165) is 13.1 Å². The summed E-state index contributed by atoms with van der Waals surface area (Å²) >= 11 is 0. The lowest BCUT2D eigenvalue weighted by molar-refractivity contribution is 0.463. The zero-order valence-electron chi connectivity index (χ0n) is 8.33. The third-order valence-corrected chi connectivity index (χ3v) is 2.67. The Balaban J connectivity index is 2.23. The third kappa shape index (κ3) is 1.61. The van der Waals surface area contributed by atoms with Gasteiger partial charge in [0.1, 0.15) is 0 Å². The van der Waals surface area contributed by atoms with Crippen molar-refractivity contribution in [2.24, 2.45) is 0 Å². The third-order valence-electron chi connectivity index (χ3n) is 2.67. The SMILES string of the molecule is CC(C)c1ccnn1C1CCNC1. The lowest BCUT2D eigenvalue weighted by Gasteiger charge is -2.15. The van der Waals surface area contributed by atoms with Gasteiger partial charge in [-0.05, 0) is 24.9 Å². The van der Waals surface area contributed by atoms with Crippen LogP contribution in [-0.2, 0) is 0 Å². The maximum absolute atomic E-state index is 4.40. The Morgan fingerprint density at radius 1 is 1.62 bits per heavy atom. The normalized spacial score (nSPS) is 22.8. The highest BCUT2D eigenvalue weighted by atomic mass is 15.3. The summed E-state index contributed by atoms with van der Waals surface area (Å²) < 4.78 is 2.19. The molecule has 1 saturated heterocycles. The Kier molecular flexibility index (Phi) is 2.36. The van der Waals surface area contributed by atoms with E-state index in [1.165, 1.54) is 12.1 Å². The van der Waals surface area contributed by atoms with Crippen molar-refractivity contribution in [2.45, 2.75) is 32.2 Å². The summed E-state index contributed by atoms with van der Waals surface area (Å²) in [5, 5.41) is 7.76. The Bertz CT molecular complexity index is 271. The molecule has 1 aliphatic heterocycles. The summed E-state index contributed by atoms with van der Waals surface area (Å²) in [6, 6.07) is 2.70. The fraction of sp³-hybridized carbons (Fsp3) is 0.700. The van der Waals surface area contributed by atoms with Crippen LogP contribution in [0.3, 0.4) is 0 Å². The zero-order valence-corrected chi connectivity index (χ0v) is 8.33. The largest absolute Gasteiger partial charge is 0.315 e. The fourth-order valence-corrected chi connectivity index (χ4v) is 1.93. The first-order chi connectivity index (χ1) is 6.29. The van der Waals surface area contributed by atoms with Crippen molar-refractivity contribution in [3.63, 3.8) is 0 Å². The van der Waals surface area contributed by atoms with E-state index in [4.69, 9.17) is 0 Å². The molecule has 72 valence electrons. The van der Waals surface area contributed by atoms with Crippen LogP contribution in [0.4, 0.5) is 0 Å². The molecule has 2 heterocycles. The molecule has 3 nitrogen and oxygen atoms in total. The highest BCUT2D eigenvalue weighted by Gasteiger charge is 2.19. The minimum absolute atomic E-state index is 0.572. The van der Waals surface area contributed by atoms with Crippen LogP contribution in [0.5, 0.6) is 0 Å². The fourth-order valence-electron chi connectivity index (χ4n) is 1.93. The van der Waals surface area contributed by atoms with Gasteiger partial charge in [0.15, 0.2) is 0 Å². The Hall–Kier alpha value is -0.830. The van der Waals surface area contributed by atoms with Crippen molar-refractivity contribution in [1.82, 2.24) is 15.1 Å². The van der Waals surface area contributed by atoms with Gasteiger partial charge in [-0.25, -0.2) is 0 Å². The number of aromatic nitrogens is 2. The monoisotopic (exact) mass is 179 g/mol. The molecule has 1 fully saturated rings. The molecule has 1 aromatic heterocycles. The van der Waals surface area contributed by atoms with Crippen LogP contribution >= 0.6 is 0 Å². The lowest BCUT2D eigenvalue weighted by Crippen LogP contribution is -2.17. The van der Waals surface area contributed by atoms with Crippen molar-refractivity contribution in [2.75, 3.05) is 13.1 Å². The second-order valence-corrected chi connectivity index (χ2v) is 4.00. The number of rotatable bonds is 2. The quantitative estimate of drug-likeness (QED) is 0.746. The van der Waals surface area contributed by atoms with Gasteiger partial charge in [-0.3, -0.25) is 4.68 Å². The first kappa shape index (κ1) is 8.75. The summed E-state index contributed by atoms with van der Waals surface area (Å²) in [7, 11) is 0. The van der Waals surface area contributed by atoms with E-state index in [1.54, 1.807) is 0 Å². The van der Waals surface area contributed by atoms with Gasteiger partial charge in [0.05, 0.1) is 6.04 Å². The van der Waals surface area contributed by atoms with E-state index in [2.05, 4.69) is 35.0 Å². The molecule has 1 atom stereocenters. The molecule has 3 heteroatoms. The summed E-state index contributed by atoms with van der Waals surface area (Å²) in [5.41, 5.74) is 1.36. The molecule has 0 aromatic carbocycles. The number of nitrogens with one attached hydrogen (secondary N) is 1. The second-order valence-electron chi connectivity index (χ2n) is 4.00. The Morgan fingerprint density at radius 3 is 3.08 bits per heavy atom. The van der Waals surface area contributed by atoms with Crippen LogP contribution < -0.4 is 5.32 Å². The van der Waals surface area contributed by atoms with E-state index in [9.17, 15) is 0 Å². The van der Waals surface area contributed by atoms with Crippen LogP contribution in [-0.4, -0.2) is 22.9 Å². The van der Waals surface area contributed by atoms with Gasteiger partial charge in [0, 0.05) is 18.4 Å². The van der Waals surface area contributed by atoms with Crippen LogP contribution in [0.15, 0.2) is 12.3 Å². The molecule has 0 radical (unpaired) electrons. The maximum Gasteiger partial charge on any atom is 0.0658 e. The van der Waals surface area contributed by atoms with Crippen molar-refractivity contribution >= 4 is 0 Å². The van der Waals surface area contributed by atoms with Crippen LogP contribution in [0.25, 0.3) is 0 Å². The topological polar surface area (TPSA) is 29.9 Å². The molecular weight excluding hydrogens is 162 g/mol. The highest BCUT2D eigenvalue weighted by Crippen LogP contribution is 2.21. The zero-order chi connectivity index (χ0) is 9.26. The molecule has 0 amide bonds. The van der Waals surface area contributed by atoms with Crippen LogP contribution in [0.2, 0.25) is 0 Å². The summed E-state index contributed by atoms with van der Waals surface area (Å²) in [6.07, 6.45) is 3.12. The van der Waals surface area contributed by atoms with Crippen LogP contribution in [0, 0.1) is 0 Å². The molecule has 0 bridgehead atoms. The molecule has 1 aliphatic rings. The van der Waals surface area contributed by atoms with E-state index in [-0.39, 0.29) is 0 Å². The average molecular weight is 179 g/mol. The van der Waals surface area contributed by atoms with Crippen molar-refractivity contribution in [3.8, 4) is 0 Å². The number of hydrogen-bond donors (Lipinski definition) is 1. The number of hydrogen-bond acceptors (Lipinski definition) is 2. The molecule has 1 N–H and O–H groups in total. The van der Waals surface area contributed by atoms with Gasteiger partial charge in [0.25, 0.3) is 0 Å². The van der Waals surface area contributed by atoms with Crippen molar-refractivity contribution < 1.29 is 0 Å². The second kappa shape index (κ2) is 3.50. The van der Waals surface area contributed by atoms with Crippen molar-refractivity contribution in [1.29, 1.82) is 0 Å². The van der Waals surface area contributed by atoms with Gasteiger partial charge < -0.3 is 5.32 Å². The summed E-state index contributed by atoms with van der Waals surface area (Å²) in [6.45, 7) is 6.63. The molecule has 0 saturated carbocycles. The highest BCUT2D eigenvalue weighted by molar-refractivity contribution is 5.07. The molecule has 1 unspecified atom stereocenters. The van der Waals surface area contributed by atoms with Gasteiger partial charge in [0.2, 0.25) is 0 Å². The molecule has 2 rings (SSSR count). The molecule has 0 spiro atoms. The van der Waals surface area contributed by atoms with E-state index >= 15 is 0 Å². The van der Waals surface area contributed by atoms with E-state index < -0.39 is 0 Å². The Labute approximate surface area is 79.1 Å². The minimum atomic E-state index is 0.572. The summed E-state index contributed by atoms with van der Waals surface area (Å²) in [5.74, 6) is 0.572. The van der Waals surface area contributed by atoms with Gasteiger partial charge in [-0.15, -0.1) is 0 Å². The number of nitrogens with zero attached hydrogens (tertiary/aromatic N) is 2. The Morgan fingerprint density at radius 2 is 2.46 bits per heavy atom. The molecular formula is C10H17N3. The standard InChI is InChI=1S/C10H17N3/c1-8(2)10-4-6-12-13(10)9-3-5-11-7-9/h4,6,8-9,11H,3,5,7H2,1-2H3. The maximum atomic E-state index is 4.40. The minimum Gasteiger partial charge on any atom is -0.315 e. The van der Waals surface area contributed by atoms with Gasteiger partial charge >= 0.3 is 0 Å². The predicted molar refractivity (Wildman–Crippen MR) is 52.8 cm³/mol. The molecule has 1 aromatic rings. The van der Waals surface area contributed by atoms with Crippen LogP contribution in [0.1, 0.15) is 37.9 Å². The van der Waals surface area contributed by atoms with E-state index in [1.807, 2.05) is 6.20 Å². The summed E-state index contributed by atoms with van der Waals surface area (Å²) in [4.78, 5) is 0. The van der Waals surface area contributed by atoms with Gasteiger partial charge in [-0.2, -0.15) is 5.10 Å². The van der Waals surface area contributed by atoms with Gasteiger partial charge in [-0.1, -0.05) is 13.8 Å². The van der Waals surface area contributed by atoms with Crippen molar-refractivity contribution in [3.05, 3.63) is 18.0 Å². The average Bonchev–Trinajstić information content (AvgIpc) is 2.74.